The molecule has 0 aromatic heterocycles. The first-order chi connectivity index (χ1) is 17.2. The molecule has 0 unspecified atom stereocenters. The Morgan fingerprint density at radius 2 is 1.67 bits per heavy atom. The van der Waals surface area contributed by atoms with Crippen molar-refractivity contribution in [3.05, 3.63) is 80.3 Å². The van der Waals surface area contributed by atoms with E-state index in [0.29, 0.717) is 59.7 Å². The maximum atomic E-state index is 13.4. The number of rotatable bonds is 4. The predicted octanol–water partition coefficient (Wildman–Crippen LogP) is 5.28. The van der Waals surface area contributed by atoms with Crippen LogP contribution in [0.4, 0.5) is 0 Å². The summed E-state index contributed by atoms with van der Waals surface area (Å²) in [5.74, 6) is -0.280. The standard InChI is InChI=1S/C27H28Cl3N3O3/c1-17(34)32-12-9-19(10-13-32)27(36)33-14-11-25(22(16-33)20-5-8-23(29)24(30)15-20)31(2)26(35)18-3-6-21(28)7-4-18/h3-9,15,22,25H,10-14,16H2,1-2H3/t22-,25+/m0/s1. The molecule has 0 radical (unpaired) electrons. The highest BCUT2D eigenvalue weighted by molar-refractivity contribution is 6.42. The largest absolute Gasteiger partial charge is 0.339 e. The fraction of sp³-hybridized carbons (Fsp3) is 0.370. The molecule has 6 nitrogen and oxygen atoms in total. The zero-order valence-corrected chi connectivity index (χ0v) is 22.5. The van der Waals surface area contributed by atoms with E-state index in [0.717, 1.165) is 11.1 Å². The van der Waals surface area contributed by atoms with Gasteiger partial charge >= 0.3 is 0 Å². The molecule has 2 aliphatic rings. The molecule has 2 atom stereocenters. The molecule has 1 saturated heterocycles. The number of halogens is 3. The van der Waals surface area contributed by atoms with Gasteiger partial charge < -0.3 is 14.7 Å². The molecule has 4 rings (SSSR count). The van der Waals surface area contributed by atoms with Gasteiger partial charge in [0.25, 0.3) is 5.91 Å². The number of nitrogens with zero attached hydrogens (tertiary/aromatic N) is 3. The number of likely N-dealkylation sites (tertiary alicyclic amines) is 1. The first kappa shape index (κ1) is 26.5. The van der Waals surface area contributed by atoms with E-state index in [1.54, 1.807) is 47.2 Å². The summed E-state index contributed by atoms with van der Waals surface area (Å²) in [7, 11) is 1.80. The van der Waals surface area contributed by atoms with Crippen molar-refractivity contribution in [1.29, 1.82) is 0 Å². The number of piperidine rings is 1. The third-order valence-electron chi connectivity index (χ3n) is 7.07. The van der Waals surface area contributed by atoms with E-state index in [-0.39, 0.29) is 29.7 Å². The summed E-state index contributed by atoms with van der Waals surface area (Å²) in [5.41, 5.74) is 2.20. The Morgan fingerprint density at radius 1 is 0.944 bits per heavy atom. The summed E-state index contributed by atoms with van der Waals surface area (Å²) in [6.45, 7) is 3.48. The van der Waals surface area contributed by atoms with E-state index in [1.807, 2.05) is 23.1 Å². The number of hydrogen-bond donors (Lipinski definition) is 0. The van der Waals surface area contributed by atoms with Crippen LogP contribution < -0.4 is 0 Å². The molecule has 2 heterocycles. The van der Waals surface area contributed by atoms with Crippen LogP contribution in [0.5, 0.6) is 0 Å². The van der Waals surface area contributed by atoms with E-state index in [2.05, 4.69) is 0 Å². The Morgan fingerprint density at radius 3 is 2.28 bits per heavy atom. The van der Waals surface area contributed by atoms with Crippen LogP contribution in [0.2, 0.25) is 15.1 Å². The topological polar surface area (TPSA) is 60.9 Å². The van der Waals surface area contributed by atoms with Crippen LogP contribution in [0, 0.1) is 0 Å². The zero-order valence-electron chi connectivity index (χ0n) is 20.2. The minimum atomic E-state index is -0.156. The smallest absolute Gasteiger partial charge is 0.253 e. The molecule has 9 heteroatoms. The molecule has 2 aliphatic heterocycles. The monoisotopic (exact) mass is 547 g/mol. The number of benzene rings is 2. The van der Waals surface area contributed by atoms with Crippen LogP contribution in [0.15, 0.2) is 54.1 Å². The maximum Gasteiger partial charge on any atom is 0.253 e. The van der Waals surface area contributed by atoms with Gasteiger partial charge in [0, 0.05) is 68.3 Å². The number of hydrogen-bond acceptors (Lipinski definition) is 3. The number of amides is 3. The molecule has 1 fully saturated rings. The zero-order chi connectivity index (χ0) is 26.0. The second kappa shape index (κ2) is 11.2. The molecule has 3 amide bonds. The number of carbonyl (C=O) groups is 3. The first-order valence-corrected chi connectivity index (χ1v) is 13.0. The summed E-state index contributed by atoms with van der Waals surface area (Å²) < 4.78 is 0. The summed E-state index contributed by atoms with van der Waals surface area (Å²) in [6, 6.07) is 12.2. The van der Waals surface area contributed by atoms with Crippen molar-refractivity contribution in [2.24, 2.45) is 0 Å². The van der Waals surface area contributed by atoms with E-state index in [1.165, 1.54) is 6.92 Å². The summed E-state index contributed by atoms with van der Waals surface area (Å²) >= 11 is 18.5. The third kappa shape index (κ3) is 5.72. The molecule has 36 heavy (non-hydrogen) atoms. The lowest BCUT2D eigenvalue weighted by Gasteiger charge is -2.43. The van der Waals surface area contributed by atoms with E-state index >= 15 is 0 Å². The Labute approximate surface area is 226 Å². The molecular formula is C27H28Cl3N3O3. The van der Waals surface area contributed by atoms with Gasteiger partial charge in [-0.25, -0.2) is 0 Å². The molecule has 0 spiro atoms. The Hall–Kier alpha value is -2.54. The van der Waals surface area contributed by atoms with Gasteiger partial charge in [0.1, 0.15) is 0 Å². The van der Waals surface area contributed by atoms with E-state index in [4.69, 9.17) is 34.8 Å². The van der Waals surface area contributed by atoms with Crippen molar-refractivity contribution in [1.82, 2.24) is 14.7 Å². The molecule has 0 N–H and O–H groups in total. The third-order valence-corrected chi connectivity index (χ3v) is 8.06. The number of likely N-dealkylation sites (N-methyl/N-ethyl adjacent to an activating group) is 1. The number of carbonyl (C=O) groups excluding carboxylic acids is 3. The average molecular weight is 549 g/mol. The normalized spacial score (nSPS) is 20.1. The minimum absolute atomic E-state index is 0.00614. The highest BCUT2D eigenvalue weighted by Crippen LogP contribution is 2.35. The lowest BCUT2D eigenvalue weighted by atomic mass is 9.84. The maximum absolute atomic E-state index is 13.4. The van der Waals surface area contributed by atoms with Gasteiger partial charge in [-0.2, -0.15) is 0 Å². The summed E-state index contributed by atoms with van der Waals surface area (Å²) in [4.78, 5) is 43.7. The summed E-state index contributed by atoms with van der Waals surface area (Å²) in [5, 5.41) is 1.45. The molecule has 0 saturated carbocycles. The molecule has 0 bridgehead atoms. The van der Waals surface area contributed by atoms with E-state index in [9.17, 15) is 14.4 Å². The Bertz CT molecular complexity index is 1200. The Kier molecular flexibility index (Phi) is 8.28. The van der Waals surface area contributed by atoms with Crippen LogP contribution in [0.3, 0.4) is 0 Å². The highest BCUT2D eigenvalue weighted by atomic mass is 35.5. The van der Waals surface area contributed by atoms with Gasteiger partial charge in [-0.3, -0.25) is 14.4 Å². The van der Waals surface area contributed by atoms with Crippen LogP contribution in [0.1, 0.15) is 41.6 Å². The van der Waals surface area contributed by atoms with Crippen LogP contribution in [-0.2, 0) is 9.59 Å². The van der Waals surface area contributed by atoms with Crippen LogP contribution in [-0.4, -0.2) is 71.7 Å². The van der Waals surface area contributed by atoms with Gasteiger partial charge in [-0.05, 0) is 54.8 Å². The SMILES string of the molecule is CC(=O)N1CC=C(C(=O)N2CC[C@@H](N(C)C(=O)c3ccc(Cl)cc3)[C@H](c3ccc(Cl)c(Cl)c3)C2)CC1. The van der Waals surface area contributed by atoms with Gasteiger partial charge in [0.2, 0.25) is 11.8 Å². The van der Waals surface area contributed by atoms with Gasteiger partial charge in [-0.15, -0.1) is 0 Å². The second-order valence-electron chi connectivity index (χ2n) is 9.25. The van der Waals surface area contributed by atoms with Crippen LogP contribution in [0.25, 0.3) is 0 Å². The van der Waals surface area contributed by atoms with Gasteiger partial charge in [0.05, 0.1) is 10.0 Å². The average Bonchev–Trinajstić information content (AvgIpc) is 2.89. The second-order valence-corrected chi connectivity index (χ2v) is 10.5. The highest BCUT2D eigenvalue weighted by Gasteiger charge is 2.37. The first-order valence-electron chi connectivity index (χ1n) is 11.9. The lowest BCUT2D eigenvalue weighted by molar-refractivity contribution is -0.131. The minimum Gasteiger partial charge on any atom is -0.339 e. The van der Waals surface area contributed by atoms with Crippen molar-refractivity contribution in [2.45, 2.75) is 31.7 Å². The van der Waals surface area contributed by atoms with E-state index < -0.39 is 0 Å². The predicted molar refractivity (Wildman–Crippen MR) is 143 cm³/mol. The lowest BCUT2D eigenvalue weighted by Crippen LogP contribution is -2.52. The Balaban J connectivity index is 1.58. The van der Waals surface area contributed by atoms with Crippen LogP contribution >= 0.6 is 34.8 Å². The summed E-state index contributed by atoms with van der Waals surface area (Å²) in [6.07, 6.45) is 2.99. The molecule has 190 valence electrons. The van der Waals surface area contributed by atoms with Gasteiger partial charge in [0.15, 0.2) is 0 Å². The molecular weight excluding hydrogens is 521 g/mol. The fourth-order valence-corrected chi connectivity index (χ4v) is 5.39. The fourth-order valence-electron chi connectivity index (χ4n) is 4.96. The molecule has 0 aliphatic carbocycles. The van der Waals surface area contributed by atoms with Crippen molar-refractivity contribution in [3.8, 4) is 0 Å². The quantitative estimate of drug-likeness (QED) is 0.522. The van der Waals surface area contributed by atoms with Crippen molar-refractivity contribution >= 4 is 52.5 Å². The molecule has 2 aromatic carbocycles. The van der Waals surface area contributed by atoms with Crippen molar-refractivity contribution in [2.75, 3.05) is 33.2 Å². The van der Waals surface area contributed by atoms with Gasteiger partial charge in [-0.1, -0.05) is 46.9 Å². The molecule has 2 aromatic rings. The van der Waals surface area contributed by atoms with Crippen molar-refractivity contribution < 1.29 is 14.4 Å². The van der Waals surface area contributed by atoms with Crippen molar-refractivity contribution in [3.63, 3.8) is 0 Å².